The van der Waals surface area contributed by atoms with E-state index in [1.54, 1.807) is 6.21 Å². The normalized spacial score (nSPS) is 10.9. The lowest BCUT2D eigenvalue weighted by Crippen LogP contribution is -2.12. The summed E-state index contributed by atoms with van der Waals surface area (Å²) in [5.74, 6) is 1.64. The molecular weight excluding hydrogens is 392 g/mol. The number of aromatic nitrogens is 2. The van der Waals surface area contributed by atoms with Crippen molar-refractivity contribution in [3.05, 3.63) is 81.3 Å². The van der Waals surface area contributed by atoms with Crippen LogP contribution in [0.5, 0.6) is 11.5 Å². The van der Waals surface area contributed by atoms with Crippen LogP contribution in [0.25, 0.3) is 0 Å². The number of H-pyrrole nitrogens is 1. The van der Waals surface area contributed by atoms with Crippen molar-refractivity contribution < 1.29 is 9.47 Å². The summed E-state index contributed by atoms with van der Waals surface area (Å²) in [6, 6.07) is 15.4. The number of aromatic amines is 1. The van der Waals surface area contributed by atoms with Gasteiger partial charge in [-0.25, -0.2) is 10.4 Å². The van der Waals surface area contributed by atoms with Gasteiger partial charge >= 0.3 is 0 Å². The van der Waals surface area contributed by atoms with E-state index in [9.17, 15) is 4.79 Å². The molecule has 0 aliphatic carbocycles. The molecule has 0 amide bonds. The number of nitrogens with zero attached hydrogens (tertiary/aromatic N) is 2. The van der Waals surface area contributed by atoms with E-state index in [1.165, 1.54) is 11.6 Å². The number of nitrogens with one attached hydrogen (secondary N) is 2. The number of anilines is 1. The Kier molecular flexibility index (Phi) is 7.81. The third-order valence-corrected chi connectivity index (χ3v) is 4.47. The van der Waals surface area contributed by atoms with Crippen LogP contribution in [0.1, 0.15) is 42.7 Å². The fourth-order valence-corrected chi connectivity index (χ4v) is 2.95. The molecule has 0 saturated heterocycles. The Morgan fingerprint density at radius 2 is 1.87 bits per heavy atom. The van der Waals surface area contributed by atoms with Crippen LogP contribution in [0, 0.1) is 6.92 Å². The maximum Gasteiger partial charge on any atom is 0.252 e. The zero-order valence-corrected chi connectivity index (χ0v) is 18.1. The van der Waals surface area contributed by atoms with Gasteiger partial charge in [0.15, 0.2) is 11.5 Å². The molecule has 0 saturated carbocycles. The summed E-state index contributed by atoms with van der Waals surface area (Å²) in [4.78, 5) is 18.7. The molecule has 0 aliphatic rings. The van der Waals surface area contributed by atoms with Crippen LogP contribution in [0.15, 0.2) is 58.4 Å². The summed E-state index contributed by atoms with van der Waals surface area (Å²) in [6.45, 7) is 7.01. The lowest BCUT2D eigenvalue weighted by atomic mass is 10.2. The first kappa shape index (κ1) is 22.1. The van der Waals surface area contributed by atoms with Crippen LogP contribution in [0.3, 0.4) is 0 Å². The molecule has 2 N–H and O–H groups in total. The summed E-state index contributed by atoms with van der Waals surface area (Å²) >= 11 is 0. The summed E-state index contributed by atoms with van der Waals surface area (Å²) in [5, 5.41) is 4.18. The van der Waals surface area contributed by atoms with Crippen LogP contribution in [-0.2, 0) is 13.0 Å². The molecular formula is C24H28N4O3. The highest BCUT2D eigenvalue weighted by Gasteiger charge is 2.07. The Balaban J connectivity index is 1.68. The van der Waals surface area contributed by atoms with E-state index >= 15 is 0 Å². The molecule has 31 heavy (non-hydrogen) atoms. The Hall–Kier alpha value is -3.61. The lowest BCUT2D eigenvalue weighted by Gasteiger charge is -2.13. The van der Waals surface area contributed by atoms with Crippen LogP contribution in [0.2, 0.25) is 0 Å². The molecule has 0 bridgehead atoms. The van der Waals surface area contributed by atoms with Crippen molar-refractivity contribution in [3.8, 4) is 11.5 Å². The van der Waals surface area contributed by atoms with Gasteiger partial charge < -0.3 is 9.47 Å². The quantitative estimate of drug-likeness (QED) is 0.374. The minimum Gasteiger partial charge on any atom is -0.490 e. The number of hydrogen-bond donors (Lipinski definition) is 2. The van der Waals surface area contributed by atoms with Gasteiger partial charge in [-0.3, -0.25) is 9.78 Å². The summed E-state index contributed by atoms with van der Waals surface area (Å²) in [5.41, 5.74) is 6.44. The topological polar surface area (TPSA) is 88.6 Å². The van der Waals surface area contributed by atoms with Gasteiger partial charge in [0.1, 0.15) is 6.61 Å². The highest BCUT2D eigenvalue weighted by molar-refractivity contribution is 5.81. The third kappa shape index (κ3) is 6.70. The Morgan fingerprint density at radius 1 is 1.06 bits per heavy atom. The second-order valence-corrected chi connectivity index (χ2v) is 7.12. The van der Waals surface area contributed by atoms with E-state index in [1.807, 2.05) is 32.0 Å². The Labute approximate surface area is 182 Å². The summed E-state index contributed by atoms with van der Waals surface area (Å²) < 4.78 is 11.7. The number of hydrogen-bond acceptors (Lipinski definition) is 6. The Bertz CT molecular complexity index is 1070. The molecule has 3 rings (SSSR count). The van der Waals surface area contributed by atoms with E-state index in [0.29, 0.717) is 30.7 Å². The van der Waals surface area contributed by atoms with Crippen molar-refractivity contribution in [1.82, 2.24) is 9.97 Å². The Morgan fingerprint density at radius 3 is 2.61 bits per heavy atom. The van der Waals surface area contributed by atoms with E-state index in [2.05, 4.69) is 51.7 Å². The number of rotatable bonds is 10. The van der Waals surface area contributed by atoms with Crippen LogP contribution in [0.4, 0.5) is 5.95 Å². The highest BCUT2D eigenvalue weighted by atomic mass is 16.5. The molecule has 162 valence electrons. The second-order valence-electron chi connectivity index (χ2n) is 7.12. The molecule has 2 aromatic carbocycles. The van der Waals surface area contributed by atoms with E-state index < -0.39 is 0 Å². The molecule has 7 heteroatoms. The number of benzene rings is 2. The average molecular weight is 421 g/mol. The van der Waals surface area contributed by atoms with Gasteiger partial charge in [-0.1, -0.05) is 43.2 Å². The van der Waals surface area contributed by atoms with Crippen molar-refractivity contribution >= 4 is 12.2 Å². The molecule has 0 atom stereocenters. The van der Waals surface area contributed by atoms with Crippen molar-refractivity contribution in [3.63, 3.8) is 0 Å². The zero-order valence-electron chi connectivity index (χ0n) is 18.1. The standard InChI is InChI=1S/C24H28N4O3/c1-4-6-20-14-23(29)27-24(26-20)28-25-15-19-11-12-21(22(13-19)30-5-2)31-16-18-9-7-17(3)8-10-18/h7-15H,4-6,16H2,1-3H3,(H2,26,27,28,29)/b25-15-. The molecule has 0 spiro atoms. The van der Waals surface area contributed by atoms with Crippen molar-refractivity contribution in [2.24, 2.45) is 5.10 Å². The van der Waals surface area contributed by atoms with Gasteiger partial charge in [-0.15, -0.1) is 0 Å². The van der Waals surface area contributed by atoms with Gasteiger partial charge in [0.25, 0.3) is 5.56 Å². The van der Waals surface area contributed by atoms with Gasteiger partial charge in [-0.05, 0) is 49.6 Å². The highest BCUT2D eigenvalue weighted by Crippen LogP contribution is 2.29. The van der Waals surface area contributed by atoms with Gasteiger partial charge in [0.05, 0.1) is 12.8 Å². The van der Waals surface area contributed by atoms with Gasteiger partial charge in [0, 0.05) is 11.8 Å². The minimum absolute atomic E-state index is 0.204. The first-order valence-electron chi connectivity index (χ1n) is 10.4. The third-order valence-electron chi connectivity index (χ3n) is 4.47. The molecule has 0 fully saturated rings. The molecule has 1 aromatic heterocycles. The maximum absolute atomic E-state index is 11.7. The number of aryl methyl sites for hydroxylation is 2. The van der Waals surface area contributed by atoms with Crippen LogP contribution >= 0.6 is 0 Å². The van der Waals surface area contributed by atoms with Crippen LogP contribution in [-0.4, -0.2) is 22.8 Å². The molecule has 1 heterocycles. The van der Waals surface area contributed by atoms with Gasteiger partial charge in [-0.2, -0.15) is 5.10 Å². The second kappa shape index (κ2) is 11.0. The first-order chi connectivity index (χ1) is 15.1. The van der Waals surface area contributed by atoms with E-state index in [0.717, 1.165) is 29.7 Å². The fraction of sp³-hybridized carbons (Fsp3) is 0.292. The smallest absolute Gasteiger partial charge is 0.252 e. The van der Waals surface area contributed by atoms with E-state index in [4.69, 9.17) is 9.47 Å². The van der Waals surface area contributed by atoms with Crippen molar-refractivity contribution in [2.45, 2.75) is 40.2 Å². The predicted octanol–water partition coefficient (Wildman–Crippen LogP) is 4.45. The number of ether oxygens (including phenoxy) is 2. The monoisotopic (exact) mass is 420 g/mol. The lowest BCUT2D eigenvalue weighted by molar-refractivity contribution is 0.269. The largest absolute Gasteiger partial charge is 0.490 e. The van der Waals surface area contributed by atoms with Crippen molar-refractivity contribution in [2.75, 3.05) is 12.0 Å². The first-order valence-corrected chi connectivity index (χ1v) is 10.4. The minimum atomic E-state index is -0.204. The number of hydrazone groups is 1. The maximum atomic E-state index is 11.7. The summed E-state index contributed by atoms with van der Waals surface area (Å²) in [6.07, 6.45) is 3.29. The molecule has 0 aliphatic heterocycles. The average Bonchev–Trinajstić information content (AvgIpc) is 2.74. The SMILES string of the molecule is CCCc1cc(=O)[nH]c(N/N=C\c2ccc(OCc3ccc(C)cc3)c(OCC)c2)n1. The zero-order chi connectivity index (χ0) is 22.1. The molecule has 3 aromatic rings. The molecule has 7 nitrogen and oxygen atoms in total. The molecule has 0 radical (unpaired) electrons. The van der Waals surface area contributed by atoms with E-state index in [-0.39, 0.29) is 5.56 Å². The predicted molar refractivity (Wildman–Crippen MR) is 123 cm³/mol. The van der Waals surface area contributed by atoms with Gasteiger partial charge in [0.2, 0.25) is 5.95 Å². The summed E-state index contributed by atoms with van der Waals surface area (Å²) in [7, 11) is 0. The van der Waals surface area contributed by atoms with Crippen LogP contribution < -0.4 is 20.5 Å². The van der Waals surface area contributed by atoms with Crippen molar-refractivity contribution in [1.29, 1.82) is 0 Å². The fourth-order valence-electron chi connectivity index (χ4n) is 2.95. The molecule has 0 unspecified atom stereocenters.